The van der Waals surface area contributed by atoms with Crippen molar-refractivity contribution in [1.82, 2.24) is 10.3 Å². The molecular formula is C11H11FN2O. The molecule has 2 aromatic rings. The van der Waals surface area contributed by atoms with Crippen LogP contribution in [0.4, 0.5) is 4.39 Å². The van der Waals surface area contributed by atoms with E-state index in [1.807, 2.05) is 0 Å². The van der Waals surface area contributed by atoms with Crippen LogP contribution in [-0.2, 0) is 13.0 Å². The first-order valence-corrected chi connectivity index (χ1v) is 4.99. The lowest BCUT2D eigenvalue weighted by molar-refractivity contribution is 0.438. The zero-order valence-electron chi connectivity index (χ0n) is 8.10. The van der Waals surface area contributed by atoms with E-state index in [1.54, 1.807) is 6.07 Å². The van der Waals surface area contributed by atoms with Crippen molar-refractivity contribution in [2.24, 2.45) is 0 Å². The van der Waals surface area contributed by atoms with Gasteiger partial charge in [0, 0.05) is 36.1 Å². The number of fused-ring (bicyclic) bond motifs is 3. The molecule has 0 fully saturated rings. The summed E-state index contributed by atoms with van der Waals surface area (Å²) in [6.45, 7) is 1.61. The van der Waals surface area contributed by atoms with Gasteiger partial charge in [-0.05, 0) is 17.7 Å². The third-order valence-electron chi connectivity index (χ3n) is 2.93. The first kappa shape index (κ1) is 8.73. The molecule has 15 heavy (non-hydrogen) atoms. The maximum Gasteiger partial charge on any atom is 0.165 e. The highest BCUT2D eigenvalue weighted by Gasteiger charge is 2.18. The van der Waals surface area contributed by atoms with Gasteiger partial charge in [-0.3, -0.25) is 0 Å². The van der Waals surface area contributed by atoms with E-state index in [4.69, 9.17) is 0 Å². The number of phenols is 1. The molecule has 0 spiro atoms. The van der Waals surface area contributed by atoms with Crippen LogP contribution in [0.15, 0.2) is 12.1 Å². The van der Waals surface area contributed by atoms with E-state index < -0.39 is 5.82 Å². The highest BCUT2D eigenvalue weighted by atomic mass is 19.1. The summed E-state index contributed by atoms with van der Waals surface area (Å²) in [4.78, 5) is 3.22. The Labute approximate surface area is 85.9 Å². The molecule has 1 aromatic heterocycles. The Kier molecular flexibility index (Phi) is 1.73. The van der Waals surface area contributed by atoms with Gasteiger partial charge in [0.2, 0.25) is 0 Å². The Morgan fingerprint density at radius 3 is 3.07 bits per heavy atom. The lowest BCUT2D eigenvalue weighted by Gasteiger charge is -2.12. The molecule has 0 radical (unpaired) electrons. The van der Waals surface area contributed by atoms with Crippen molar-refractivity contribution in [3.8, 4) is 5.75 Å². The molecule has 0 atom stereocenters. The van der Waals surface area contributed by atoms with E-state index in [1.165, 1.54) is 6.07 Å². The van der Waals surface area contributed by atoms with Crippen molar-refractivity contribution in [2.45, 2.75) is 13.0 Å². The fourth-order valence-corrected chi connectivity index (χ4v) is 2.20. The Morgan fingerprint density at radius 2 is 2.20 bits per heavy atom. The lowest BCUT2D eigenvalue weighted by atomic mass is 10.1. The zero-order valence-corrected chi connectivity index (χ0v) is 8.10. The van der Waals surface area contributed by atoms with Crippen molar-refractivity contribution in [3.63, 3.8) is 0 Å². The van der Waals surface area contributed by atoms with Crippen molar-refractivity contribution < 1.29 is 9.50 Å². The molecule has 0 saturated heterocycles. The Morgan fingerprint density at radius 1 is 1.33 bits per heavy atom. The fraction of sp³-hybridized carbons (Fsp3) is 0.273. The van der Waals surface area contributed by atoms with Crippen molar-refractivity contribution in [3.05, 3.63) is 29.2 Å². The maximum atomic E-state index is 13.2. The lowest BCUT2D eigenvalue weighted by Crippen LogP contribution is -2.22. The van der Waals surface area contributed by atoms with Crippen LogP contribution >= 0.6 is 0 Å². The molecule has 0 amide bonds. The number of H-pyrrole nitrogens is 1. The van der Waals surface area contributed by atoms with Gasteiger partial charge in [-0.2, -0.15) is 0 Å². The minimum atomic E-state index is -0.560. The first-order valence-electron chi connectivity index (χ1n) is 4.99. The van der Waals surface area contributed by atoms with E-state index in [-0.39, 0.29) is 5.75 Å². The number of benzene rings is 1. The zero-order chi connectivity index (χ0) is 10.4. The van der Waals surface area contributed by atoms with Gasteiger partial charge >= 0.3 is 0 Å². The number of aromatic nitrogens is 1. The fourth-order valence-electron chi connectivity index (χ4n) is 2.20. The quantitative estimate of drug-likeness (QED) is 0.614. The maximum absolute atomic E-state index is 13.2. The average molecular weight is 206 g/mol. The number of nitrogens with one attached hydrogen (secondary N) is 2. The number of phenolic OH excluding ortho intramolecular Hbond substituents is 1. The molecule has 4 heteroatoms. The second-order valence-electron chi connectivity index (χ2n) is 3.83. The van der Waals surface area contributed by atoms with Gasteiger partial charge in [0.25, 0.3) is 0 Å². The Balaban J connectivity index is 2.39. The van der Waals surface area contributed by atoms with Crippen LogP contribution < -0.4 is 5.32 Å². The number of hydrogen-bond donors (Lipinski definition) is 3. The summed E-state index contributed by atoms with van der Waals surface area (Å²) in [7, 11) is 0. The van der Waals surface area contributed by atoms with E-state index >= 15 is 0 Å². The smallest absolute Gasteiger partial charge is 0.165 e. The molecule has 0 unspecified atom stereocenters. The molecule has 3 nitrogen and oxygen atoms in total. The minimum absolute atomic E-state index is 0.242. The van der Waals surface area contributed by atoms with Crippen LogP contribution in [0.3, 0.4) is 0 Å². The molecule has 2 heterocycles. The van der Waals surface area contributed by atoms with Crippen LogP contribution in [0.2, 0.25) is 0 Å². The van der Waals surface area contributed by atoms with Crippen molar-refractivity contribution >= 4 is 10.9 Å². The van der Waals surface area contributed by atoms with Crippen LogP contribution in [0.1, 0.15) is 11.3 Å². The molecule has 3 N–H and O–H groups in total. The number of rotatable bonds is 0. The molecule has 0 saturated carbocycles. The van der Waals surface area contributed by atoms with Crippen LogP contribution in [0, 0.1) is 5.82 Å². The van der Waals surface area contributed by atoms with Gasteiger partial charge in [-0.25, -0.2) is 4.39 Å². The predicted octanol–water partition coefficient (Wildman–Crippen LogP) is 1.66. The third-order valence-corrected chi connectivity index (χ3v) is 2.93. The average Bonchev–Trinajstić information content (AvgIpc) is 2.62. The monoisotopic (exact) mass is 206 g/mol. The number of aromatic amines is 1. The van der Waals surface area contributed by atoms with Gasteiger partial charge in [0.15, 0.2) is 11.6 Å². The molecule has 3 rings (SSSR count). The highest BCUT2D eigenvalue weighted by molar-refractivity contribution is 5.90. The summed E-state index contributed by atoms with van der Waals surface area (Å²) in [5, 5.41) is 13.5. The molecule has 0 aliphatic carbocycles. The Bertz CT molecular complexity index is 533. The van der Waals surface area contributed by atoms with Crippen LogP contribution in [0.5, 0.6) is 5.75 Å². The van der Waals surface area contributed by atoms with Gasteiger partial charge in [-0.1, -0.05) is 0 Å². The summed E-state index contributed by atoms with van der Waals surface area (Å²) in [5.41, 5.74) is 2.90. The molecule has 78 valence electrons. The number of halogens is 1. The van der Waals surface area contributed by atoms with Crippen molar-refractivity contribution in [2.75, 3.05) is 6.54 Å². The number of hydrogen-bond acceptors (Lipinski definition) is 2. The standard InChI is InChI=1S/C11H11FN2O/c12-7-1-2-9-10(11(7)15)6-5-13-4-3-8(6)14-9/h1-2,13-15H,3-5H2. The van der Waals surface area contributed by atoms with Crippen molar-refractivity contribution in [1.29, 1.82) is 0 Å². The summed E-state index contributed by atoms with van der Waals surface area (Å²) in [5.74, 6) is -0.802. The van der Waals surface area contributed by atoms with Gasteiger partial charge < -0.3 is 15.4 Å². The van der Waals surface area contributed by atoms with E-state index in [0.717, 1.165) is 29.7 Å². The normalized spacial score (nSPS) is 15.5. The van der Waals surface area contributed by atoms with E-state index in [2.05, 4.69) is 10.3 Å². The molecule has 1 aliphatic rings. The van der Waals surface area contributed by atoms with Gasteiger partial charge in [-0.15, -0.1) is 0 Å². The number of aromatic hydroxyl groups is 1. The summed E-state index contributed by atoms with van der Waals surface area (Å²) >= 11 is 0. The molecule has 1 aliphatic heterocycles. The van der Waals surface area contributed by atoms with Crippen LogP contribution in [-0.4, -0.2) is 16.6 Å². The summed E-state index contributed by atoms with van der Waals surface area (Å²) in [6, 6.07) is 2.95. The van der Waals surface area contributed by atoms with Crippen LogP contribution in [0.25, 0.3) is 10.9 Å². The highest BCUT2D eigenvalue weighted by Crippen LogP contribution is 2.33. The minimum Gasteiger partial charge on any atom is -0.504 e. The van der Waals surface area contributed by atoms with Gasteiger partial charge in [0.1, 0.15) is 0 Å². The first-order chi connectivity index (χ1) is 7.27. The third kappa shape index (κ3) is 1.15. The summed E-state index contributed by atoms with van der Waals surface area (Å²) in [6.07, 6.45) is 0.894. The topological polar surface area (TPSA) is 48.0 Å². The predicted molar refractivity (Wildman–Crippen MR) is 55.3 cm³/mol. The van der Waals surface area contributed by atoms with Gasteiger partial charge in [0.05, 0.1) is 0 Å². The van der Waals surface area contributed by atoms with E-state index in [9.17, 15) is 9.50 Å². The largest absolute Gasteiger partial charge is 0.504 e. The summed E-state index contributed by atoms with van der Waals surface area (Å²) < 4.78 is 13.2. The molecule has 1 aromatic carbocycles. The molecular weight excluding hydrogens is 195 g/mol. The Hall–Kier alpha value is -1.55. The van der Waals surface area contributed by atoms with E-state index in [0.29, 0.717) is 11.9 Å². The second-order valence-corrected chi connectivity index (χ2v) is 3.83. The SMILES string of the molecule is Oc1c(F)ccc2[nH]c3c(c12)CNCC3. The molecule has 0 bridgehead atoms. The second kappa shape index (κ2) is 2.97.